The molecule has 0 unspecified atom stereocenters. The van der Waals surface area contributed by atoms with Gasteiger partial charge < -0.3 is 29.8 Å². The highest BCUT2D eigenvalue weighted by atomic mass is 16.5. The van der Waals surface area contributed by atoms with E-state index in [1.165, 1.54) is 18.2 Å². The van der Waals surface area contributed by atoms with Crippen LogP contribution >= 0.6 is 0 Å². The van der Waals surface area contributed by atoms with Crippen LogP contribution in [0, 0.1) is 0 Å². The number of carboxylic acids is 1. The number of carbonyl (C=O) groups is 2. The van der Waals surface area contributed by atoms with Crippen LogP contribution in [0.5, 0.6) is 5.75 Å². The second kappa shape index (κ2) is 9.21. The summed E-state index contributed by atoms with van der Waals surface area (Å²) >= 11 is 0. The molecule has 0 amide bonds. The van der Waals surface area contributed by atoms with E-state index in [0.29, 0.717) is 10.9 Å². The number of benzene rings is 2. The molecule has 0 saturated carbocycles. The van der Waals surface area contributed by atoms with Crippen molar-refractivity contribution in [1.82, 2.24) is 0 Å². The van der Waals surface area contributed by atoms with Gasteiger partial charge in [-0.15, -0.1) is 0 Å². The van der Waals surface area contributed by atoms with Crippen molar-refractivity contribution in [3.8, 4) is 5.75 Å². The minimum Gasteiger partial charge on any atom is -0.508 e. The molecule has 9 heteroatoms. The largest absolute Gasteiger partial charge is 0.508 e. The summed E-state index contributed by atoms with van der Waals surface area (Å²) in [5.74, 6) is -2.51. The van der Waals surface area contributed by atoms with Crippen LogP contribution in [0.1, 0.15) is 11.1 Å². The van der Waals surface area contributed by atoms with E-state index in [1.54, 1.807) is 30.3 Å². The molecule has 3 rings (SSSR count). The Morgan fingerprint density at radius 3 is 2.50 bits per heavy atom. The maximum atomic E-state index is 12.3. The van der Waals surface area contributed by atoms with Crippen LogP contribution in [-0.4, -0.2) is 34.3 Å². The Hall–Kier alpha value is -3.69. The molecule has 0 aliphatic rings. The smallest absolute Gasteiger partial charge is 0.336 e. The van der Waals surface area contributed by atoms with Crippen molar-refractivity contribution in [2.24, 2.45) is 5.73 Å². The predicted octanol–water partition coefficient (Wildman–Crippen LogP) is 1.54. The van der Waals surface area contributed by atoms with Gasteiger partial charge in [0.2, 0.25) is 0 Å². The Labute approximate surface area is 170 Å². The minimum atomic E-state index is -1.62. The van der Waals surface area contributed by atoms with E-state index < -0.39 is 29.7 Å². The Kier molecular flexibility index (Phi) is 6.45. The van der Waals surface area contributed by atoms with Gasteiger partial charge >= 0.3 is 17.6 Å². The number of hydrogen-bond donors (Lipinski definition) is 3. The van der Waals surface area contributed by atoms with Crippen LogP contribution in [-0.2, 0) is 32.3 Å². The lowest BCUT2D eigenvalue weighted by Crippen LogP contribution is -2.48. The monoisotopic (exact) mass is 413 g/mol. The highest BCUT2D eigenvalue weighted by Crippen LogP contribution is 2.22. The second-order valence-corrected chi connectivity index (χ2v) is 6.46. The van der Waals surface area contributed by atoms with E-state index >= 15 is 0 Å². The molecule has 2 aromatic carbocycles. The molecule has 0 aliphatic carbocycles. The first-order valence-electron chi connectivity index (χ1n) is 8.91. The first kappa shape index (κ1) is 21.0. The van der Waals surface area contributed by atoms with Gasteiger partial charge in [0, 0.05) is 23.1 Å². The number of carbonyl (C=O) groups excluding carboxylic acids is 1. The number of phenolic OH excluding ortho intramolecular Hbond substituents is 1. The second-order valence-electron chi connectivity index (χ2n) is 6.46. The van der Waals surface area contributed by atoms with Gasteiger partial charge in [0.1, 0.15) is 24.0 Å². The number of ether oxygens (including phenoxy) is 2. The van der Waals surface area contributed by atoms with Gasteiger partial charge in [0.25, 0.3) is 0 Å². The normalized spacial score (nSPS) is 13.0. The van der Waals surface area contributed by atoms with Crippen molar-refractivity contribution in [2.45, 2.75) is 25.4 Å². The molecule has 1 heterocycles. The quantitative estimate of drug-likeness (QED) is 0.369. The molecule has 1 aromatic heterocycles. The van der Waals surface area contributed by atoms with Crippen molar-refractivity contribution < 1.29 is 33.7 Å². The van der Waals surface area contributed by atoms with Crippen molar-refractivity contribution >= 4 is 22.9 Å². The molecule has 9 nitrogen and oxygen atoms in total. The van der Waals surface area contributed by atoms with Crippen LogP contribution in [0.4, 0.5) is 0 Å². The highest BCUT2D eigenvalue weighted by Gasteiger charge is 2.33. The van der Waals surface area contributed by atoms with Crippen LogP contribution in [0.15, 0.2) is 63.8 Å². The molecule has 30 heavy (non-hydrogen) atoms. The molecule has 156 valence electrons. The molecule has 0 bridgehead atoms. The minimum absolute atomic E-state index is 0.0490. The number of esters is 1. The fourth-order valence-electron chi connectivity index (χ4n) is 2.80. The van der Waals surface area contributed by atoms with Crippen molar-refractivity contribution in [2.75, 3.05) is 0 Å². The lowest BCUT2D eigenvalue weighted by atomic mass is 10.1. The number of fused-ring (bicyclic) bond motifs is 1. The Morgan fingerprint density at radius 1 is 1.07 bits per heavy atom. The zero-order valence-corrected chi connectivity index (χ0v) is 15.7. The van der Waals surface area contributed by atoms with Gasteiger partial charge in [-0.1, -0.05) is 30.3 Å². The third-order valence-corrected chi connectivity index (χ3v) is 4.30. The maximum Gasteiger partial charge on any atom is 0.336 e. The Balaban J connectivity index is 1.69. The molecule has 3 aromatic rings. The van der Waals surface area contributed by atoms with Gasteiger partial charge in [-0.2, -0.15) is 0 Å². The zero-order chi connectivity index (χ0) is 21.7. The third kappa shape index (κ3) is 5.02. The molecular weight excluding hydrogens is 394 g/mol. The van der Waals surface area contributed by atoms with Gasteiger partial charge in [-0.3, -0.25) is 4.79 Å². The van der Waals surface area contributed by atoms with E-state index in [9.17, 15) is 24.6 Å². The molecule has 0 fully saturated rings. The molecule has 0 saturated heterocycles. The van der Waals surface area contributed by atoms with E-state index in [-0.39, 0.29) is 24.5 Å². The zero-order valence-electron chi connectivity index (χ0n) is 15.7. The molecule has 4 N–H and O–H groups in total. The highest BCUT2D eigenvalue weighted by molar-refractivity contribution is 5.86. The number of phenols is 1. The van der Waals surface area contributed by atoms with Gasteiger partial charge in [0.05, 0.1) is 6.61 Å². The summed E-state index contributed by atoms with van der Waals surface area (Å²) in [5.41, 5.74) is 6.22. The van der Waals surface area contributed by atoms with Gasteiger partial charge in [0.15, 0.2) is 6.10 Å². The lowest BCUT2D eigenvalue weighted by molar-refractivity contribution is -0.163. The van der Waals surface area contributed by atoms with Gasteiger partial charge in [-0.25, -0.2) is 9.59 Å². The number of hydrogen-bond acceptors (Lipinski definition) is 8. The summed E-state index contributed by atoms with van der Waals surface area (Å²) in [6.45, 7) is -0.392. The van der Waals surface area contributed by atoms with Gasteiger partial charge in [-0.05, 0) is 17.7 Å². The number of carboxylic acid groups (broad SMARTS) is 1. The van der Waals surface area contributed by atoms with Crippen LogP contribution in [0.2, 0.25) is 0 Å². The Morgan fingerprint density at radius 2 is 1.80 bits per heavy atom. The number of nitrogens with two attached hydrogens (primary N) is 1. The summed E-state index contributed by atoms with van der Waals surface area (Å²) in [7, 11) is 0. The van der Waals surface area contributed by atoms with E-state index in [4.69, 9.17) is 19.6 Å². The topological polar surface area (TPSA) is 149 Å². The standard InChI is InChI=1S/C21H19NO8/c22-18(19(20(25)26)28-10-12-4-2-1-3-5-12)21(27)29-11-13-8-17(24)30-16-9-14(23)6-7-15(13)16/h1-9,18-19,23H,10-11,22H2,(H,25,26)/t18-,19-/m0/s1. The van der Waals surface area contributed by atoms with E-state index in [0.717, 1.165) is 11.6 Å². The summed E-state index contributed by atoms with van der Waals surface area (Å²) in [6.07, 6.45) is -1.62. The van der Waals surface area contributed by atoms with Crippen LogP contribution < -0.4 is 11.4 Å². The summed E-state index contributed by atoms with van der Waals surface area (Å²) in [6, 6.07) is 12.5. The van der Waals surface area contributed by atoms with E-state index in [2.05, 4.69) is 0 Å². The molecule has 0 radical (unpaired) electrons. The fraction of sp³-hybridized carbons (Fsp3) is 0.190. The number of rotatable bonds is 8. The predicted molar refractivity (Wildman–Crippen MR) is 105 cm³/mol. The Bertz CT molecular complexity index is 1110. The third-order valence-electron chi connectivity index (χ3n) is 4.30. The molecule has 0 spiro atoms. The van der Waals surface area contributed by atoms with Crippen molar-refractivity contribution in [1.29, 1.82) is 0 Å². The molecular formula is C21H19NO8. The fourth-order valence-corrected chi connectivity index (χ4v) is 2.80. The number of aliphatic carboxylic acids is 1. The summed E-state index contributed by atoms with van der Waals surface area (Å²) < 4.78 is 15.4. The SMILES string of the molecule is N[C@H](C(=O)OCc1cc(=O)oc2cc(O)ccc12)[C@H](OCc1ccccc1)C(=O)O. The average molecular weight is 413 g/mol. The first-order valence-corrected chi connectivity index (χ1v) is 8.91. The average Bonchev–Trinajstić information content (AvgIpc) is 2.71. The summed E-state index contributed by atoms with van der Waals surface area (Å²) in [4.78, 5) is 35.5. The lowest BCUT2D eigenvalue weighted by Gasteiger charge is -2.19. The molecule has 0 aliphatic heterocycles. The van der Waals surface area contributed by atoms with Crippen LogP contribution in [0.25, 0.3) is 11.0 Å². The molecule has 2 atom stereocenters. The van der Waals surface area contributed by atoms with Crippen molar-refractivity contribution in [3.05, 3.63) is 76.1 Å². The first-order chi connectivity index (χ1) is 14.3. The maximum absolute atomic E-state index is 12.3. The van der Waals surface area contributed by atoms with Crippen LogP contribution in [0.3, 0.4) is 0 Å². The number of aromatic hydroxyl groups is 1. The summed E-state index contributed by atoms with van der Waals surface area (Å²) in [5, 5.41) is 19.3. The van der Waals surface area contributed by atoms with E-state index in [1.807, 2.05) is 0 Å². The van der Waals surface area contributed by atoms with Crippen molar-refractivity contribution in [3.63, 3.8) is 0 Å².